The molecule has 0 heterocycles. The molecule has 0 N–H and O–H groups in total. The first kappa shape index (κ1) is 22.0. The fourth-order valence-corrected chi connectivity index (χ4v) is 4.85. The SMILES string of the molecule is CCCCC(C)(CC/C(=C/Cc1ccccc1)OCC)O[Si](C)(C)C. The molecule has 2 nitrogen and oxygen atoms in total. The highest BCUT2D eigenvalue weighted by Gasteiger charge is 2.31. The first-order valence-electron chi connectivity index (χ1n) is 9.84. The van der Waals surface area contributed by atoms with Crippen LogP contribution in [0, 0.1) is 0 Å². The Morgan fingerprint density at radius 3 is 2.32 bits per heavy atom. The normalized spacial score (nSPS) is 15.0. The van der Waals surface area contributed by atoms with Crippen molar-refractivity contribution >= 4 is 8.32 Å². The lowest BCUT2D eigenvalue weighted by atomic mass is 9.93. The third-order valence-corrected chi connectivity index (χ3v) is 5.36. The van der Waals surface area contributed by atoms with E-state index in [2.05, 4.69) is 76.8 Å². The van der Waals surface area contributed by atoms with Crippen molar-refractivity contribution in [1.82, 2.24) is 0 Å². The summed E-state index contributed by atoms with van der Waals surface area (Å²) < 4.78 is 12.5. The summed E-state index contributed by atoms with van der Waals surface area (Å²) in [5.41, 5.74) is 1.29. The smallest absolute Gasteiger partial charge is 0.184 e. The van der Waals surface area contributed by atoms with Crippen LogP contribution in [0.1, 0.15) is 58.4 Å². The van der Waals surface area contributed by atoms with Gasteiger partial charge in [0, 0.05) is 6.42 Å². The molecule has 0 aliphatic rings. The largest absolute Gasteiger partial charge is 0.499 e. The Labute approximate surface area is 156 Å². The fourth-order valence-electron chi connectivity index (χ4n) is 3.17. The molecule has 0 bridgehead atoms. The van der Waals surface area contributed by atoms with Gasteiger partial charge in [0.15, 0.2) is 8.32 Å². The summed E-state index contributed by atoms with van der Waals surface area (Å²) in [6.07, 6.45) is 8.71. The second-order valence-electron chi connectivity index (χ2n) is 8.06. The maximum Gasteiger partial charge on any atom is 0.184 e. The van der Waals surface area contributed by atoms with Crippen LogP contribution in [0.15, 0.2) is 42.2 Å². The van der Waals surface area contributed by atoms with Crippen LogP contribution in [-0.4, -0.2) is 20.5 Å². The average Bonchev–Trinajstić information content (AvgIpc) is 2.55. The van der Waals surface area contributed by atoms with Crippen LogP contribution in [0.25, 0.3) is 0 Å². The fraction of sp³-hybridized carbons (Fsp3) is 0.636. The van der Waals surface area contributed by atoms with Gasteiger partial charge in [-0.3, -0.25) is 0 Å². The van der Waals surface area contributed by atoms with E-state index in [0.29, 0.717) is 0 Å². The zero-order valence-electron chi connectivity index (χ0n) is 17.2. The van der Waals surface area contributed by atoms with Gasteiger partial charge in [-0.05, 0) is 64.4 Å². The summed E-state index contributed by atoms with van der Waals surface area (Å²) in [5, 5.41) is 0. The first-order chi connectivity index (χ1) is 11.8. The molecule has 1 aromatic rings. The van der Waals surface area contributed by atoms with E-state index in [1.807, 2.05) is 0 Å². The van der Waals surface area contributed by atoms with Crippen molar-refractivity contribution in [3.63, 3.8) is 0 Å². The summed E-state index contributed by atoms with van der Waals surface area (Å²) in [6, 6.07) is 10.6. The van der Waals surface area contributed by atoms with Crippen LogP contribution in [0.2, 0.25) is 19.6 Å². The lowest BCUT2D eigenvalue weighted by molar-refractivity contribution is 0.0540. The number of unbranched alkanes of at least 4 members (excludes halogenated alkanes) is 1. The van der Waals surface area contributed by atoms with E-state index in [1.165, 1.54) is 18.4 Å². The van der Waals surface area contributed by atoms with Crippen molar-refractivity contribution in [2.24, 2.45) is 0 Å². The van der Waals surface area contributed by atoms with Crippen molar-refractivity contribution < 1.29 is 9.16 Å². The Balaban J connectivity index is 2.73. The van der Waals surface area contributed by atoms with E-state index in [-0.39, 0.29) is 5.60 Å². The third-order valence-electron chi connectivity index (χ3n) is 4.25. The lowest BCUT2D eigenvalue weighted by Gasteiger charge is -2.37. The quantitative estimate of drug-likeness (QED) is 0.303. The van der Waals surface area contributed by atoms with E-state index in [4.69, 9.17) is 9.16 Å². The molecule has 1 aromatic carbocycles. The summed E-state index contributed by atoms with van der Waals surface area (Å²) in [6.45, 7) is 14.2. The van der Waals surface area contributed by atoms with Gasteiger partial charge in [-0.15, -0.1) is 0 Å². The molecule has 1 rings (SSSR count). The van der Waals surface area contributed by atoms with E-state index in [0.717, 1.165) is 38.0 Å². The summed E-state index contributed by atoms with van der Waals surface area (Å²) in [4.78, 5) is 0. The lowest BCUT2D eigenvalue weighted by Crippen LogP contribution is -2.40. The van der Waals surface area contributed by atoms with Crippen LogP contribution >= 0.6 is 0 Å². The Morgan fingerprint density at radius 1 is 1.08 bits per heavy atom. The third kappa shape index (κ3) is 9.86. The van der Waals surface area contributed by atoms with Crippen LogP contribution in [0.3, 0.4) is 0 Å². The van der Waals surface area contributed by atoms with E-state index in [1.54, 1.807) is 0 Å². The van der Waals surface area contributed by atoms with Crippen LogP contribution < -0.4 is 0 Å². The zero-order chi connectivity index (χ0) is 18.8. The predicted octanol–water partition coefficient (Wildman–Crippen LogP) is 6.73. The van der Waals surface area contributed by atoms with Gasteiger partial charge in [-0.2, -0.15) is 0 Å². The Kier molecular flexibility index (Phi) is 9.51. The van der Waals surface area contributed by atoms with Gasteiger partial charge in [-0.1, -0.05) is 50.1 Å². The summed E-state index contributed by atoms with van der Waals surface area (Å²) in [7, 11) is -1.56. The van der Waals surface area contributed by atoms with Crippen molar-refractivity contribution in [2.75, 3.05) is 6.61 Å². The average molecular weight is 363 g/mol. The number of benzene rings is 1. The minimum atomic E-state index is -1.56. The number of allylic oxidation sites excluding steroid dienone is 2. The molecule has 0 aliphatic heterocycles. The van der Waals surface area contributed by atoms with E-state index < -0.39 is 8.32 Å². The topological polar surface area (TPSA) is 18.5 Å². The number of hydrogen-bond acceptors (Lipinski definition) is 2. The molecule has 0 aromatic heterocycles. The van der Waals surface area contributed by atoms with E-state index in [9.17, 15) is 0 Å². The molecule has 0 saturated carbocycles. The molecule has 1 atom stereocenters. The van der Waals surface area contributed by atoms with Crippen LogP contribution in [0.5, 0.6) is 0 Å². The second kappa shape index (κ2) is 10.8. The number of ether oxygens (including phenoxy) is 1. The Bertz CT molecular complexity index is 505. The maximum absolute atomic E-state index is 6.57. The van der Waals surface area contributed by atoms with Gasteiger partial charge in [0.2, 0.25) is 0 Å². The van der Waals surface area contributed by atoms with Crippen molar-refractivity contribution in [2.45, 2.75) is 84.5 Å². The predicted molar refractivity (Wildman–Crippen MR) is 111 cm³/mol. The van der Waals surface area contributed by atoms with E-state index >= 15 is 0 Å². The standard InChI is InChI=1S/C22H38O2Si/c1-7-9-18-22(3,24-25(4,5)6)19-17-21(23-8-2)16-15-20-13-11-10-12-14-20/h10-14,16H,7-9,15,17-19H2,1-6H3/b21-16-. The molecule has 0 saturated heterocycles. The Hall–Kier alpha value is -1.06. The number of rotatable bonds is 12. The second-order valence-corrected chi connectivity index (χ2v) is 12.5. The minimum Gasteiger partial charge on any atom is -0.499 e. The highest BCUT2D eigenvalue weighted by atomic mass is 28.4. The molecule has 0 spiro atoms. The van der Waals surface area contributed by atoms with Crippen molar-refractivity contribution in [1.29, 1.82) is 0 Å². The molecule has 0 radical (unpaired) electrons. The Morgan fingerprint density at radius 2 is 1.76 bits per heavy atom. The molecule has 142 valence electrons. The van der Waals surface area contributed by atoms with Gasteiger partial charge < -0.3 is 9.16 Å². The van der Waals surface area contributed by atoms with Crippen molar-refractivity contribution in [3.05, 3.63) is 47.7 Å². The summed E-state index contributed by atoms with van der Waals surface area (Å²) >= 11 is 0. The molecule has 0 fully saturated rings. The zero-order valence-corrected chi connectivity index (χ0v) is 18.2. The molecule has 0 aliphatic carbocycles. The monoisotopic (exact) mass is 362 g/mol. The molecule has 1 unspecified atom stereocenters. The van der Waals surface area contributed by atoms with Crippen LogP contribution in [0.4, 0.5) is 0 Å². The van der Waals surface area contributed by atoms with Crippen molar-refractivity contribution in [3.8, 4) is 0 Å². The van der Waals surface area contributed by atoms with Gasteiger partial charge in [-0.25, -0.2) is 0 Å². The van der Waals surface area contributed by atoms with Gasteiger partial charge in [0.25, 0.3) is 0 Å². The molecular weight excluding hydrogens is 324 g/mol. The molecule has 3 heteroatoms. The molecule has 0 amide bonds. The molecule has 25 heavy (non-hydrogen) atoms. The maximum atomic E-state index is 6.57. The number of hydrogen-bond donors (Lipinski definition) is 0. The van der Waals surface area contributed by atoms with Gasteiger partial charge in [0.1, 0.15) is 0 Å². The van der Waals surface area contributed by atoms with Gasteiger partial charge >= 0.3 is 0 Å². The van der Waals surface area contributed by atoms with Crippen LogP contribution in [-0.2, 0) is 15.6 Å². The molecular formula is C22H38O2Si. The van der Waals surface area contributed by atoms with Gasteiger partial charge in [0.05, 0.1) is 18.0 Å². The highest BCUT2D eigenvalue weighted by molar-refractivity contribution is 6.69. The minimum absolute atomic E-state index is 0.0383. The summed E-state index contributed by atoms with van der Waals surface area (Å²) in [5.74, 6) is 1.10. The first-order valence-corrected chi connectivity index (χ1v) is 13.2. The highest BCUT2D eigenvalue weighted by Crippen LogP contribution is 2.30.